The van der Waals surface area contributed by atoms with Gasteiger partial charge in [-0.1, -0.05) is 30.3 Å². The van der Waals surface area contributed by atoms with Crippen molar-refractivity contribution < 1.29 is 23.8 Å². The third-order valence-corrected chi connectivity index (χ3v) is 4.23. The van der Waals surface area contributed by atoms with Gasteiger partial charge >= 0.3 is 6.03 Å². The zero-order valence-electron chi connectivity index (χ0n) is 16.3. The molecule has 2 aromatic carbocycles. The highest BCUT2D eigenvalue weighted by atomic mass is 19.1. The maximum Gasteiger partial charge on any atom is 0.315 e. The Kier molecular flexibility index (Phi) is 7.18. The summed E-state index contributed by atoms with van der Waals surface area (Å²) >= 11 is 0. The molecule has 1 unspecified atom stereocenters. The number of aliphatic hydroxyl groups is 1. The number of nitrogens with zero attached hydrogens (tertiary/aromatic N) is 1. The summed E-state index contributed by atoms with van der Waals surface area (Å²) in [5.41, 5.74) is 0.895. The van der Waals surface area contributed by atoms with E-state index in [1.807, 2.05) is 12.1 Å². The van der Waals surface area contributed by atoms with E-state index in [0.717, 1.165) is 5.56 Å². The Bertz CT molecular complexity index is 982. The average molecular weight is 411 g/mol. The molecule has 1 aromatic heterocycles. The first-order valence-electron chi connectivity index (χ1n) is 9.26. The number of rotatable bonds is 8. The number of hydrogen-bond donors (Lipinski definition) is 3. The third kappa shape index (κ3) is 5.92. The van der Waals surface area contributed by atoms with Crippen molar-refractivity contribution in [1.82, 2.24) is 15.6 Å². The molecular formula is C22H22FN3O4. The van der Waals surface area contributed by atoms with Crippen molar-refractivity contribution in [2.45, 2.75) is 12.6 Å². The molecule has 0 radical (unpaired) electrons. The Morgan fingerprint density at radius 3 is 2.63 bits per heavy atom. The molecule has 1 heterocycles. The molecule has 3 aromatic rings. The quantitative estimate of drug-likeness (QED) is 0.527. The summed E-state index contributed by atoms with van der Waals surface area (Å²) in [5, 5.41) is 15.2. The van der Waals surface area contributed by atoms with Gasteiger partial charge in [-0.25, -0.2) is 14.2 Å². The number of carbonyl (C=O) groups excluding carboxylic acids is 1. The molecule has 0 aliphatic rings. The van der Waals surface area contributed by atoms with Gasteiger partial charge in [0.15, 0.2) is 0 Å². The normalized spacial score (nSPS) is 11.4. The average Bonchev–Trinajstić information content (AvgIpc) is 2.77. The topological polar surface area (TPSA) is 92.7 Å². The van der Waals surface area contributed by atoms with Gasteiger partial charge in [-0.15, -0.1) is 0 Å². The summed E-state index contributed by atoms with van der Waals surface area (Å²) in [6.45, 7) is 0.117. The van der Waals surface area contributed by atoms with Crippen LogP contribution in [0.5, 0.6) is 17.4 Å². The maximum atomic E-state index is 13.6. The zero-order valence-corrected chi connectivity index (χ0v) is 16.3. The molecule has 0 saturated carbocycles. The molecule has 0 saturated heterocycles. The lowest BCUT2D eigenvalue weighted by Gasteiger charge is -2.13. The van der Waals surface area contributed by atoms with Gasteiger partial charge in [0.05, 0.1) is 13.2 Å². The summed E-state index contributed by atoms with van der Waals surface area (Å²) in [4.78, 5) is 16.1. The smallest absolute Gasteiger partial charge is 0.315 e. The van der Waals surface area contributed by atoms with Gasteiger partial charge in [-0.2, -0.15) is 0 Å². The third-order valence-electron chi connectivity index (χ3n) is 4.23. The van der Waals surface area contributed by atoms with Gasteiger partial charge in [0.2, 0.25) is 5.88 Å². The van der Waals surface area contributed by atoms with E-state index in [4.69, 9.17) is 9.47 Å². The first-order chi connectivity index (χ1) is 14.5. The van der Waals surface area contributed by atoms with Crippen molar-refractivity contribution in [3.8, 4) is 17.4 Å². The molecule has 1 atom stereocenters. The highest BCUT2D eigenvalue weighted by molar-refractivity contribution is 5.73. The second-order valence-electron chi connectivity index (χ2n) is 6.39. The van der Waals surface area contributed by atoms with Crippen LogP contribution in [-0.4, -0.2) is 29.8 Å². The van der Waals surface area contributed by atoms with Gasteiger partial charge < -0.3 is 25.2 Å². The Morgan fingerprint density at radius 2 is 1.90 bits per heavy atom. The van der Waals surface area contributed by atoms with Crippen molar-refractivity contribution in [2.75, 3.05) is 13.7 Å². The molecular weight excluding hydrogens is 389 g/mol. The molecule has 156 valence electrons. The number of halogens is 1. The van der Waals surface area contributed by atoms with Crippen LogP contribution in [0, 0.1) is 5.82 Å². The highest BCUT2D eigenvalue weighted by Gasteiger charge is 2.13. The van der Waals surface area contributed by atoms with Crippen LogP contribution >= 0.6 is 0 Å². The van der Waals surface area contributed by atoms with Crippen molar-refractivity contribution >= 4 is 6.03 Å². The predicted octanol–water partition coefficient (Wildman–Crippen LogP) is 3.55. The molecule has 0 bridgehead atoms. The number of amides is 2. The van der Waals surface area contributed by atoms with Gasteiger partial charge in [-0.05, 0) is 23.8 Å². The molecule has 0 fully saturated rings. The van der Waals surface area contributed by atoms with Crippen LogP contribution in [0.15, 0.2) is 66.9 Å². The van der Waals surface area contributed by atoms with E-state index in [0.29, 0.717) is 17.4 Å². The number of aliphatic hydroxyl groups excluding tert-OH is 1. The number of nitrogens with one attached hydrogen (secondary N) is 2. The molecule has 0 spiro atoms. The molecule has 8 heteroatoms. The van der Waals surface area contributed by atoms with Crippen molar-refractivity contribution in [3.63, 3.8) is 0 Å². The van der Waals surface area contributed by atoms with Crippen molar-refractivity contribution in [3.05, 3.63) is 83.8 Å². The van der Waals surface area contributed by atoms with Crippen LogP contribution in [0.3, 0.4) is 0 Å². The number of pyridine rings is 1. The molecule has 3 N–H and O–H groups in total. The van der Waals surface area contributed by atoms with Crippen LogP contribution in [0.2, 0.25) is 0 Å². The Morgan fingerprint density at radius 1 is 1.10 bits per heavy atom. The first-order valence-corrected chi connectivity index (χ1v) is 9.26. The summed E-state index contributed by atoms with van der Waals surface area (Å²) in [5.74, 6) is 1.17. The van der Waals surface area contributed by atoms with Crippen LogP contribution in [-0.2, 0) is 6.54 Å². The number of aromatic nitrogens is 1. The monoisotopic (exact) mass is 411 g/mol. The zero-order chi connectivity index (χ0) is 21.3. The summed E-state index contributed by atoms with van der Waals surface area (Å²) < 4.78 is 24.4. The molecule has 30 heavy (non-hydrogen) atoms. The van der Waals surface area contributed by atoms with Gasteiger partial charge in [0, 0.05) is 37.0 Å². The number of carbonyl (C=O) groups is 1. The largest absolute Gasteiger partial charge is 0.497 e. The van der Waals surface area contributed by atoms with E-state index >= 15 is 0 Å². The lowest BCUT2D eigenvalue weighted by Crippen LogP contribution is -2.37. The van der Waals surface area contributed by atoms with Crippen LogP contribution in [0.1, 0.15) is 17.2 Å². The number of ether oxygens (including phenoxy) is 2. The SMILES string of the molecule is COc1cccc(Oc2ccc(CNC(=O)NCC(O)c3ccccc3F)cn2)c1. The molecule has 2 amide bonds. The lowest BCUT2D eigenvalue weighted by atomic mass is 10.1. The van der Waals surface area contributed by atoms with Gasteiger partial charge in [0.25, 0.3) is 0 Å². The lowest BCUT2D eigenvalue weighted by molar-refractivity contribution is 0.169. The molecule has 7 nitrogen and oxygen atoms in total. The Balaban J connectivity index is 1.45. The molecule has 3 rings (SSSR count). The first kappa shape index (κ1) is 21.1. The fourth-order valence-corrected chi connectivity index (χ4v) is 2.65. The standard InChI is InChI=1S/C22H22FN3O4/c1-29-16-5-4-6-17(11-16)30-21-10-9-15(12-24-21)13-25-22(28)26-14-20(27)18-7-2-3-8-19(18)23/h2-12,20,27H,13-14H2,1H3,(H2,25,26,28). The number of methoxy groups -OCH3 is 1. The van der Waals surface area contributed by atoms with E-state index in [1.165, 1.54) is 18.2 Å². The van der Waals surface area contributed by atoms with Crippen LogP contribution in [0.25, 0.3) is 0 Å². The minimum absolute atomic E-state index is 0.113. The van der Waals surface area contributed by atoms with Crippen LogP contribution in [0.4, 0.5) is 9.18 Å². The predicted molar refractivity (Wildman–Crippen MR) is 109 cm³/mol. The van der Waals surface area contributed by atoms with E-state index in [1.54, 1.807) is 43.6 Å². The minimum Gasteiger partial charge on any atom is -0.497 e. The summed E-state index contributed by atoms with van der Waals surface area (Å²) in [6, 6.07) is 16.0. The van der Waals surface area contributed by atoms with E-state index in [-0.39, 0.29) is 18.7 Å². The number of hydrogen-bond acceptors (Lipinski definition) is 5. The number of urea groups is 1. The highest BCUT2D eigenvalue weighted by Crippen LogP contribution is 2.23. The van der Waals surface area contributed by atoms with Crippen LogP contribution < -0.4 is 20.1 Å². The fraction of sp³-hybridized carbons (Fsp3) is 0.182. The summed E-state index contributed by atoms with van der Waals surface area (Å²) in [6.07, 6.45) is 0.455. The Hall–Kier alpha value is -3.65. The van der Waals surface area contributed by atoms with Crippen molar-refractivity contribution in [1.29, 1.82) is 0 Å². The maximum absolute atomic E-state index is 13.6. The van der Waals surface area contributed by atoms with Crippen molar-refractivity contribution in [2.24, 2.45) is 0 Å². The second-order valence-corrected chi connectivity index (χ2v) is 6.39. The van der Waals surface area contributed by atoms with E-state index < -0.39 is 18.0 Å². The molecule has 0 aliphatic heterocycles. The van der Waals surface area contributed by atoms with E-state index in [9.17, 15) is 14.3 Å². The molecule has 0 aliphatic carbocycles. The minimum atomic E-state index is -1.13. The van der Waals surface area contributed by atoms with Gasteiger partial charge in [0.1, 0.15) is 17.3 Å². The number of benzene rings is 2. The summed E-state index contributed by atoms with van der Waals surface area (Å²) in [7, 11) is 1.58. The fourth-order valence-electron chi connectivity index (χ4n) is 2.65. The van der Waals surface area contributed by atoms with E-state index in [2.05, 4.69) is 15.6 Å². The second kappa shape index (κ2) is 10.2. The van der Waals surface area contributed by atoms with Gasteiger partial charge in [-0.3, -0.25) is 0 Å². The Labute approximate surface area is 173 Å².